The minimum absolute atomic E-state index is 0.0751. The van der Waals surface area contributed by atoms with E-state index in [1.165, 1.54) is 12.0 Å². The second-order valence-electron chi connectivity index (χ2n) is 7.68. The van der Waals surface area contributed by atoms with E-state index in [1.807, 2.05) is 19.1 Å². The maximum Gasteiger partial charge on any atom is 0.322 e. The Morgan fingerprint density at radius 3 is 2.77 bits per heavy atom. The van der Waals surface area contributed by atoms with Gasteiger partial charge in [0.15, 0.2) is 5.54 Å². The number of benzene rings is 1. The van der Waals surface area contributed by atoms with Gasteiger partial charge in [-0.1, -0.05) is 13.0 Å². The quantitative estimate of drug-likeness (QED) is 0.611. The van der Waals surface area contributed by atoms with E-state index in [0.29, 0.717) is 28.8 Å². The summed E-state index contributed by atoms with van der Waals surface area (Å²) in [7, 11) is 1.53. The molecule has 1 aromatic carbocycles. The van der Waals surface area contributed by atoms with Gasteiger partial charge < -0.3 is 19.4 Å². The van der Waals surface area contributed by atoms with E-state index in [2.05, 4.69) is 15.6 Å². The summed E-state index contributed by atoms with van der Waals surface area (Å²) < 4.78 is 11.2. The Kier molecular flexibility index (Phi) is 4.21. The minimum Gasteiger partial charge on any atom is -0.497 e. The molecule has 1 saturated heterocycles. The van der Waals surface area contributed by atoms with Gasteiger partial charge in [0.2, 0.25) is 0 Å². The Morgan fingerprint density at radius 2 is 2.06 bits per heavy atom. The number of rotatable bonds is 5. The van der Waals surface area contributed by atoms with Gasteiger partial charge in [0.25, 0.3) is 11.8 Å². The number of fused-ring (bicyclic) bond motifs is 2. The number of carbonyl (C=O) groups is 3. The molecule has 5 rings (SSSR count). The summed E-state index contributed by atoms with van der Waals surface area (Å²) in [5.74, 6) is 0.0177. The number of amides is 4. The van der Waals surface area contributed by atoms with Crippen LogP contribution in [0.15, 0.2) is 40.9 Å². The summed E-state index contributed by atoms with van der Waals surface area (Å²) >= 11 is 0. The van der Waals surface area contributed by atoms with E-state index in [1.54, 1.807) is 24.4 Å². The maximum atomic E-state index is 13.1. The Balaban J connectivity index is 1.54. The summed E-state index contributed by atoms with van der Waals surface area (Å²) in [5.41, 5.74) is 1.22. The van der Waals surface area contributed by atoms with Crippen LogP contribution in [0.5, 0.6) is 5.75 Å². The van der Waals surface area contributed by atoms with Gasteiger partial charge in [-0.2, -0.15) is 0 Å². The topological polar surface area (TPSA) is 114 Å². The smallest absolute Gasteiger partial charge is 0.322 e. The number of urea groups is 1. The van der Waals surface area contributed by atoms with E-state index < -0.39 is 17.5 Å². The van der Waals surface area contributed by atoms with E-state index in [0.717, 1.165) is 17.7 Å². The van der Waals surface area contributed by atoms with Crippen LogP contribution in [0, 0.1) is 0 Å². The molecule has 2 aliphatic heterocycles. The van der Waals surface area contributed by atoms with Crippen molar-refractivity contribution >= 4 is 28.8 Å². The Morgan fingerprint density at radius 1 is 1.23 bits per heavy atom. The lowest BCUT2D eigenvalue weighted by Crippen LogP contribution is -2.52. The van der Waals surface area contributed by atoms with Gasteiger partial charge in [0, 0.05) is 35.5 Å². The number of methoxy groups -OCH3 is 1. The second-order valence-corrected chi connectivity index (χ2v) is 7.68. The number of pyridine rings is 1. The lowest BCUT2D eigenvalue weighted by atomic mass is 9.95. The third-order valence-electron chi connectivity index (χ3n) is 5.81. The van der Waals surface area contributed by atoms with E-state index in [9.17, 15) is 14.4 Å². The summed E-state index contributed by atoms with van der Waals surface area (Å²) in [6.07, 6.45) is 2.41. The molecule has 1 fully saturated rings. The normalized spacial score (nSPS) is 20.2. The number of ether oxygens (including phenoxy) is 1. The molecule has 4 amide bonds. The van der Waals surface area contributed by atoms with Crippen molar-refractivity contribution in [2.24, 2.45) is 0 Å². The lowest BCUT2D eigenvalue weighted by molar-refractivity contribution is -0.125. The summed E-state index contributed by atoms with van der Waals surface area (Å²) in [5, 5.41) is 5.68. The first kappa shape index (κ1) is 19.1. The Labute approximate surface area is 177 Å². The van der Waals surface area contributed by atoms with Crippen LogP contribution in [0.2, 0.25) is 0 Å². The highest BCUT2D eigenvalue weighted by Gasteiger charge is 2.53. The zero-order chi connectivity index (χ0) is 21.8. The third-order valence-corrected chi connectivity index (χ3v) is 5.81. The molecule has 9 heteroatoms. The molecule has 3 aromatic rings. The molecule has 2 N–H and O–H groups in total. The molecule has 2 aliphatic rings. The number of nitrogens with zero attached hydrogens (tertiary/aromatic N) is 2. The van der Waals surface area contributed by atoms with Crippen LogP contribution in [-0.4, -0.2) is 41.4 Å². The average molecular weight is 420 g/mol. The largest absolute Gasteiger partial charge is 0.497 e. The van der Waals surface area contributed by atoms with Crippen LogP contribution in [0.3, 0.4) is 0 Å². The highest BCUT2D eigenvalue weighted by atomic mass is 16.5. The highest BCUT2D eigenvalue weighted by Crippen LogP contribution is 2.35. The number of nitrogens with one attached hydrogen (secondary N) is 2. The molecular weight excluding hydrogens is 400 g/mol. The highest BCUT2D eigenvalue weighted by molar-refractivity contribution is 6.08. The fraction of sp³-hybridized carbons (Fsp3) is 0.273. The molecule has 2 aromatic heterocycles. The van der Waals surface area contributed by atoms with E-state index in [4.69, 9.17) is 9.15 Å². The molecular formula is C22H20N4O5. The van der Waals surface area contributed by atoms with Crippen LogP contribution in [0.1, 0.15) is 34.3 Å². The number of aromatic nitrogens is 1. The molecule has 0 aliphatic carbocycles. The van der Waals surface area contributed by atoms with Crippen LogP contribution in [0.4, 0.5) is 4.79 Å². The molecule has 0 bridgehead atoms. The second kappa shape index (κ2) is 6.83. The van der Waals surface area contributed by atoms with Crippen molar-refractivity contribution in [1.82, 2.24) is 20.5 Å². The summed E-state index contributed by atoms with van der Waals surface area (Å²) in [6.45, 7) is 2.22. The Hall–Kier alpha value is -3.88. The fourth-order valence-corrected chi connectivity index (χ4v) is 4.11. The molecule has 4 heterocycles. The predicted octanol–water partition coefficient (Wildman–Crippen LogP) is 2.09. The number of imide groups is 1. The predicted molar refractivity (Wildman–Crippen MR) is 109 cm³/mol. The third kappa shape index (κ3) is 2.92. The van der Waals surface area contributed by atoms with Crippen molar-refractivity contribution in [3.05, 3.63) is 59.1 Å². The molecule has 1 atom stereocenters. The van der Waals surface area contributed by atoms with Crippen molar-refractivity contribution < 1.29 is 23.5 Å². The van der Waals surface area contributed by atoms with Crippen molar-refractivity contribution in [3.63, 3.8) is 0 Å². The van der Waals surface area contributed by atoms with Crippen LogP contribution >= 0.6 is 0 Å². The molecule has 158 valence electrons. The first-order chi connectivity index (χ1) is 14.9. The van der Waals surface area contributed by atoms with Crippen LogP contribution < -0.4 is 15.4 Å². The van der Waals surface area contributed by atoms with Crippen LogP contribution in [-0.2, 0) is 23.3 Å². The van der Waals surface area contributed by atoms with Gasteiger partial charge >= 0.3 is 6.03 Å². The summed E-state index contributed by atoms with van der Waals surface area (Å²) in [6, 6.07) is 8.15. The van der Waals surface area contributed by atoms with Gasteiger partial charge in [0.1, 0.15) is 17.1 Å². The van der Waals surface area contributed by atoms with Gasteiger partial charge in [-0.25, -0.2) is 4.79 Å². The SMILES string of the molecule is CCc1cc2oc(C3(CN4Cc5ccc(OC)cc5C4=O)NC(=O)NC3=O)cc2cn1. The number of hydrogen-bond donors (Lipinski definition) is 2. The number of carbonyl (C=O) groups excluding carboxylic acids is 3. The molecule has 1 unspecified atom stereocenters. The number of aryl methyl sites for hydroxylation is 1. The van der Waals surface area contributed by atoms with Gasteiger partial charge in [-0.05, 0) is 30.2 Å². The van der Waals surface area contributed by atoms with E-state index >= 15 is 0 Å². The zero-order valence-corrected chi connectivity index (χ0v) is 17.0. The van der Waals surface area contributed by atoms with Crippen LogP contribution in [0.25, 0.3) is 11.0 Å². The molecule has 0 saturated carbocycles. The number of furan rings is 1. The number of hydrogen-bond acceptors (Lipinski definition) is 6. The summed E-state index contributed by atoms with van der Waals surface area (Å²) in [4.78, 5) is 44.0. The van der Waals surface area contributed by atoms with Crippen molar-refractivity contribution in [2.45, 2.75) is 25.4 Å². The fourth-order valence-electron chi connectivity index (χ4n) is 4.11. The Bertz CT molecular complexity index is 1250. The first-order valence-electron chi connectivity index (χ1n) is 9.92. The van der Waals surface area contributed by atoms with Crippen molar-refractivity contribution in [2.75, 3.05) is 13.7 Å². The monoisotopic (exact) mass is 420 g/mol. The lowest BCUT2D eigenvalue weighted by Gasteiger charge is -2.29. The first-order valence-corrected chi connectivity index (χ1v) is 9.92. The zero-order valence-electron chi connectivity index (χ0n) is 17.0. The van der Waals surface area contributed by atoms with E-state index in [-0.39, 0.29) is 18.2 Å². The molecule has 31 heavy (non-hydrogen) atoms. The van der Waals surface area contributed by atoms with Crippen molar-refractivity contribution in [1.29, 1.82) is 0 Å². The maximum absolute atomic E-state index is 13.1. The van der Waals surface area contributed by atoms with Gasteiger partial charge in [0.05, 0.1) is 13.7 Å². The van der Waals surface area contributed by atoms with Gasteiger partial charge in [-0.15, -0.1) is 0 Å². The van der Waals surface area contributed by atoms with Gasteiger partial charge in [-0.3, -0.25) is 19.9 Å². The minimum atomic E-state index is -1.54. The van der Waals surface area contributed by atoms with Crippen molar-refractivity contribution in [3.8, 4) is 5.75 Å². The standard InChI is InChI=1S/C22H20N4O5/c1-3-14-7-17-13(9-23-14)6-18(31-17)22(20(28)24-21(29)25-22)11-26-10-12-4-5-15(30-2)8-16(12)19(26)27/h4-9H,3,10-11H2,1-2H3,(H2,24,25,28,29). The average Bonchev–Trinajstić information content (AvgIpc) is 3.41. The molecule has 0 radical (unpaired) electrons. The molecule has 0 spiro atoms. The molecule has 9 nitrogen and oxygen atoms in total.